The molecule has 94 valence electrons. The highest BCUT2D eigenvalue weighted by molar-refractivity contribution is 5.96. The van der Waals surface area contributed by atoms with Crippen LogP contribution in [0.2, 0.25) is 0 Å². The van der Waals surface area contributed by atoms with Crippen LogP contribution in [-0.4, -0.2) is 25.1 Å². The third kappa shape index (κ3) is 4.07. The van der Waals surface area contributed by atoms with Gasteiger partial charge in [-0.15, -0.1) is 0 Å². The Morgan fingerprint density at radius 2 is 2.12 bits per heavy atom. The molecule has 0 aromatic heterocycles. The standard InChI is InChI=1S/C13H20N2O2/c1-3-10(14)9-15-13(16)11-7-5-6-8-12(11)17-4-2/h5-8,10H,3-4,9,14H2,1-2H3,(H,15,16). The van der Waals surface area contributed by atoms with Gasteiger partial charge < -0.3 is 15.8 Å². The van der Waals surface area contributed by atoms with Crippen LogP contribution in [0.4, 0.5) is 0 Å². The zero-order valence-corrected chi connectivity index (χ0v) is 10.4. The van der Waals surface area contributed by atoms with Crippen molar-refractivity contribution in [3.63, 3.8) is 0 Å². The van der Waals surface area contributed by atoms with Crippen LogP contribution in [0.15, 0.2) is 24.3 Å². The van der Waals surface area contributed by atoms with Gasteiger partial charge in [-0.2, -0.15) is 0 Å². The summed E-state index contributed by atoms with van der Waals surface area (Å²) in [5, 5.41) is 2.80. The molecule has 0 aliphatic carbocycles. The molecule has 1 aromatic carbocycles. The quantitative estimate of drug-likeness (QED) is 0.787. The van der Waals surface area contributed by atoms with Crippen molar-refractivity contribution in [2.24, 2.45) is 5.73 Å². The van der Waals surface area contributed by atoms with E-state index in [0.717, 1.165) is 6.42 Å². The molecule has 4 heteroatoms. The van der Waals surface area contributed by atoms with E-state index in [-0.39, 0.29) is 11.9 Å². The van der Waals surface area contributed by atoms with Gasteiger partial charge in [0.2, 0.25) is 0 Å². The lowest BCUT2D eigenvalue weighted by atomic mass is 10.1. The summed E-state index contributed by atoms with van der Waals surface area (Å²) in [4.78, 5) is 11.9. The van der Waals surface area contributed by atoms with E-state index in [4.69, 9.17) is 10.5 Å². The highest BCUT2D eigenvalue weighted by Gasteiger charge is 2.12. The van der Waals surface area contributed by atoms with Crippen molar-refractivity contribution in [2.45, 2.75) is 26.3 Å². The normalized spacial score (nSPS) is 11.9. The van der Waals surface area contributed by atoms with Crippen molar-refractivity contribution >= 4 is 5.91 Å². The predicted octanol–water partition coefficient (Wildman–Crippen LogP) is 1.55. The largest absolute Gasteiger partial charge is 0.493 e. The molecule has 0 radical (unpaired) electrons. The zero-order chi connectivity index (χ0) is 12.7. The van der Waals surface area contributed by atoms with Gasteiger partial charge in [0.05, 0.1) is 12.2 Å². The molecule has 0 aliphatic rings. The maximum absolute atomic E-state index is 11.9. The highest BCUT2D eigenvalue weighted by Crippen LogP contribution is 2.17. The van der Waals surface area contributed by atoms with E-state index in [0.29, 0.717) is 24.5 Å². The molecule has 0 heterocycles. The summed E-state index contributed by atoms with van der Waals surface area (Å²) in [5.74, 6) is 0.468. The number of nitrogens with one attached hydrogen (secondary N) is 1. The molecule has 0 saturated heterocycles. The molecule has 0 fully saturated rings. The van der Waals surface area contributed by atoms with Crippen molar-refractivity contribution in [1.82, 2.24) is 5.32 Å². The first-order chi connectivity index (χ1) is 8.19. The van der Waals surface area contributed by atoms with Gasteiger partial charge in [-0.25, -0.2) is 0 Å². The van der Waals surface area contributed by atoms with Crippen LogP contribution in [0.5, 0.6) is 5.75 Å². The lowest BCUT2D eigenvalue weighted by molar-refractivity contribution is 0.0947. The maximum Gasteiger partial charge on any atom is 0.255 e. The molecule has 0 saturated carbocycles. The summed E-state index contributed by atoms with van der Waals surface area (Å²) < 4.78 is 5.40. The second-order valence-electron chi connectivity index (χ2n) is 3.81. The molecule has 1 amide bonds. The average Bonchev–Trinajstić information content (AvgIpc) is 2.36. The molecular weight excluding hydrogens is 216 g/mol. The minimum atomic E-state index is -0.141. The topological polar surface area (TPSA) is 64.3 Å². The Kier molecular flexibility index (Phi) is 5.49. The molecule has 1 rings (SSSR count). The Bertz CT molecular complexity index is 366. The summed E-state index contributed by atoms with van der Waals surface area (Å²) >= 11 is 0. The van der Waals surface area contributed by atoms with Gasteiger partial charge in [-0.1, -0.05) is 19.1 Å². The summed E-state index contributed by atoms with van der Waals surface area (Å²) in [7, 11) is 0. The molecule has 4 nitrogen and oxygen atoms in total. The van der Waals surface area contributed by atoms with Crippen LogP contribution < -0.4 is 15.8 Å². The van der Waals surface area contributed by atoms with Crippen molar-refractivity contribution in [2.75, 3.05) is 13.2 Å². The SMILES string of the molecule is CCOc1ccccc1C(=O)NCC(N)CC. The van der Waals surface area contributed by atoms with Gasteiger partial charge in [0.25, 0.3) is 5.91 Å². The summed E-state index contributed by atoms with van der Waals surface area (Å²) in [6.45, 7) is 4.90. The monoisotopic (exact) mass is 236 g/mol. The molecular formula is C13H20N2O2. The maximum atomic E-state index is 11.9. The molecule has 1 aromatic rings. The van der Waals surface area contributed by atoms with Crippen molar-refractivity contribution < 1.29 is 9.53 Å². The van der Waals surface area contributed by atoms with E-state index in [1.165, 1.54) is 0 Å². The molecule has 0 aliphatic heterocycles. The Morgan fingerprint density at radius 3 is 2.76 bits per heavy atom. The van der Waals surface area contributed by atoms with Crippen LogP contribution in [-0.2, 0) is 0 Å². The van der Waals surface area contributed by atoms with Gasteiger partial charge in [-0.3, -0.25) is 4.79 Å². The van der Waals surface area contributed by atoms with E-state index < -0.39 is 0 Å². The van der Waals surface area contributed by atoms with Crippen molar-refractivity contribution in [3.8, 4) is 5.75 Å². The van der Waals surface area contributed by atoms with Crippen LogP contribution in [0.25, 0.3) is 0 Å². The van der Waals surface area contributed by atoms with E-state index in [1.807, 2.05) is 26.0 Å². The Morgan fingerprint density at radius 1 is 1.41 bits per heavy atom. The minimum Gasteiger partial charge on any atom is -0.493 e. The Labute approximate surface area is 102 Å². The Balaban J connectivity index is 2.67. The van der Waals surface area contributed by atoms with Crippen LogP contribution in [0.1, 0.15) is 30.6 Å². The van der Waals surface area contributed by atoms with Crippen LogP contribution >= 0.6 is 0 Å². The number of benzene rings is 1. The number of amides is 1. The number of nitrogens with two attached hydrogens (primary N) is 1. The fourth-order valence-electron chi connectivity index (χ4n) is 1.40. The molecule has 1 atom stereocenters. The fraction of sp³-hybridized carbons (Fsp3) is 0.462. The van der Waals surface area contributed by atoms with Crippen LogP contribution in [0.3, 0.4) is 0 Å². The van der Waals surface area contributed by atoms with Crippen molar-refractivity contribution in [3.05, 3.63) is 29.8 Å². The van der Waals surface area contributed by atoms with Gasteiger partial charge in [-0.05, 0) is 25.5 Å². The second kappa shape index (κ2) is 6.91. The van der Waals surface area contributed by atoms with E-state index in [1.54, 1.807) is 12.1 Å². The third-order valence-electron chi connectivity index (χ3n) is 2.48. The van der Waals surface area contributed by atoms with E-state index in [2.05, 4.69) is 5.32 Å². The highest BCUT2D eigenvalue weighted by atomic mass is 16.5. The fourth-order valence-corrected chi connectivity index (χ4v) is 1.40. The summed E-state index contributed by atoms with van der Waals surface area (Å²) in [6, 6.07) is 7.20. The van der Waals surface area contributed by atoms with E-state index in [9.17, 15) is 4.79 Å². The first-order valence-electron chi connectivity index (χ1n) is 5.94. The lowest BCUT2D eigenvalue weighted by Crippen LogP contribution is -2.36. The molecule has 1 unspecified atom stereocenters. The van der Waals surface area contributed by atoms with Gasteiger partial charge in [0.15, 0.2) is 0 Å². The van der Waals surface area contributed by atoms with Crippen LogP contribution in [0, 0.1) is 0 Å². The molecule has 17 heavy (non-hydrogen) atoms. The number of hydrogen-bond donors (Lipinski definition) is 2. The number of rotatable bonds is 6. The van der Waals surface area contributed by atoms with E-state index >= 15 is 0 Å². The number of carbonyl (C=O) groups is 1. The summed E-state index contributed by atoms with van der Waals surface area (Å²) in [6.07, 6.45) is 0.841. The second-order valence-corrected chi connectivity index (χ2v) is 3.81. The number of para-hydroxylation sites is 1. The smallest absolute Gasteiger partial charge is 0.255 e. The minimum absolute atomic E-state index is 0.00166. The first-order valence-corrected chi connectivity index (χ1v) is 5.94. The first kappa shape index (κ1) is 13.5. The zero-order valence-electron chi connectivity index (χ0n) is 10.4. The van der Waals surface area contributed by atoms with Gasteiger partial charge >= 0.3 is 0 Å². The van der Waals surface area contributed by atoms with Crippen molar-refractivity contribution in [1.29, 1.82) is 0 Å². The third-order valence-corrected chi connectivity index (χ3v) is 2.48. The number of hydrogen-bond acceptors (Lipinski definition) is 3. The number of carbonyl (C=O) groups excluding carboxylic acids is 1. The average molecular weight is 236 g/mol. The van der Waals surface area contributed by atoms with Gasteiger partial charge in [0.1, 0.15) is 5.75 Å². The number of ether oxygens (including phenoxy) is 1. The molecule has 0 spiro atoms. The molecule has 0 bridgehead atoms. The summed E-state index contributed by atoms with van der Waals surface area (Å²) in [5.41, 5.74) is 6.30. The molecule has 3 N–H and O–H groups in total. The Hall–Kier alpha value is -1.55. The predicted molar refractivity (Wildman–Crippen MR) is 68.2 cm³/mol. The van der Waals surface area contributed by atoms with Gasteiger partial charge in [0, 0.05) is 12.6 Å². The lowest BCUT2D eigenvalue weighted by Gasteiger charge is -2.12.